The van der Waals surface area contributed by atoms with Gasteiger partial charge in [-0.1, -0.05) is 0 Å². The minimum absolute atomic E-state index is 0.0679. The number of aryl methyl sites for hydroxylation is 1. The lowest BCUT2D eigenvalue weighted by atomic mass is 10.3. The third-order valence-corrected chi connectivity index (χ3v) is 3.68. The Bertz CT molecular complexity index is 828. The molecule has 0 aromatic carbocycles. The SMILES string of the molecule is Cn1cnc(-c2cc3cnc(NC(=O)C4CC4)cc3[nH]2)c1. The summed E-state index contributed by atoms with van der Waals surface area (Å²) in [4.78, 5) is 23.7. The normalized spacial score (nSPS) is 14.5. The quantitative estimate of drug-likeness (QED) is 0.773. The standard InChI is InChI=1S/C15H15N5O/c1-20-7-13(17-8-20)12-4-10-6-16-14(5-11(10)18-12)19-15(21)9-2-3-9/h4-9,18H,2-3H2,1H3,(H,16,19,21). The fraction of sp³-hybridized carbons (Fsp3) is 0.267. The number of imidazole rings is 1. The van der Waals surface area contributed by atoms with Crippen LogP contribution in [-0.2, 0) is 11.8 Å². The van der Waals surface area contributed by atoms with Gasteiger partial charge in [0, 0.05) is 36.8 Å². The van der Waals surface area contributed by atoms with E-state index in [1.54, 1.807) is 12.5 Å². The van der Waals surface area contributed by atoms with Gasteiger partial charge in [0.15, 0.2) is 0 Å². The molecule has 106 valence electrons. The summed E-state index contributed by atoms with van der Waals surface area (Å²) >= 11 is 0. The number of aromatic amines is 1. The van der Waals surface area contributed by atoms with Crippen molar-refractivity contribution >= 4 is 22.6 Å². The fourth-order valence-electron chi connectivity index (χ4n) is 2.36. The van der Waals surface area contributed by atoms with Crippen molar-refractivity contribution in [2.75, 3.05) is 5.32 Å². The second kappa shape index (κ2) is 4.44. The van der Waals surface area contributed by atoms with E-state index >= 15 is 0 Å². The largest absolute Gasteiger partial charge is 0.353 e. The monoisotopic (exact) mass is 281 g/mol. The van der Waals surface area contributed by atoms with Crippen molar-refractivity contribution in [2.45, 2.75) is 12.8 Å². The van der Waals surface area contributed by atoms with Crippen molar-refractivity contribution in [2.24, 2.45) is 13.0 Å². The molecule has 0 bridgehead atoms. The number of H-pyrrole nitrogens is 1. The molecule has 1 saturated carbocycles. The van der Waals surface area contributed by atoms with Crippen LogP contribution in [0.25, 0.3) is 22.3 Å². The smallest absolute Gasteiger partial charge is 0.228 e. The molecule has 21 heavy (non-hydrogen) atoms. The minimum Gasteiger partial charge on any atom is -0.353 e. The number of nitrogens with one attached hydrogen (secondary N) is 2. The molecule has 0 atom stereocenters. The molecule has 6 heteroatoms. The third-order valence-electron chi connectivity index (χ3n) is 3.68. The summed E-state index contributed by atoms with van der Waals surface area (Å²) in [6, 6.07) is 3.87. The van der Waals surface area contributed by atoms with E-state index in [9.17, 15) is 4.79 Å². The molecule has 1 aliphatic rings. The van der Waals surface area contributed by atoms with Crippen molar-refractivity contribution < 1.29 is 4.79 Å². The number of fused-ring (bicyclic) bond motifs is 1. The molecular weight excluding hydrogens is 266 g/mol. The van der Waals surface area contributed by atoms with E-state index < -0.39 is 0 Å². The third kappa shape index (κ3) is 2.29. The molecule has 4 rings (SSSR count). The average molecular weight is 281 g/mol. The molecule has 0 saturated heterocycles. The highest BCUT2D eigenvalue weighted by Gasteiger charge is 2.29. The maximum absolute atomic E-state index is 11.8. The Morgan fingerprint density at radius 3 is 2.95 bits per heavy atom. The number of carbonyl (C=O) groups is 1. The Morgan fingerprint density at radius 2 is 2.24 bits per heavy atom. The summed E-state index contributed by atoms with van der Waals surface area (Å²) in [7, 11) is 1.94. The van der Waals surface area contributed by atoms with Gasteiger partial charge in [-0.15, -0.1) is 0 Å². The van der Waals surface area contributed by atoms with Gasteiger partial charge in [-0.3, -0.25) is 4.79 Å². The Labute approximate surface area is 121 Å². The van der Waals surface area contributed by atoms with Crippen LogP contribution < -0.4 is 5.32 Å². The Balaban J connectivity index is 1.66. The van der Waals surface area contributed by atoms with Crippen molar-refractivity contribution in [1.82, 2.24) is 19.5 Å². The first-order chi connectivity index (χ1) is 10.2. The van der Waals surface area contributed by atoms with E-state index in [1.807, 2.05) is 29.9 Å². The molecule has 0 unspecified atom stereocenters. The lowest BCUT2D eigenvalue weighted by Gasteiger charge is -2.02. The van der Waals surface area contributed by atoms with Crippen molar-refractivity contribution in [1.29, 1.82) is 0 Å². The highest BCUT2D eigenvalue weighted by atomic mass is 16.2. The first-order valence-electron chi connectivity index (χ1n) is 6.97. The summed E-state index contributed by atoms with van der Waals surface area (Å²) in [6.07, 6.45) is 7.45. The summed E-state index contributed by atoms with van der Waals surface area (Å²) in [5.74, 6) is 0.836. The summed E-state index contributed by atoms with van der Waals surface area (Å²) in [5.41, 5.74) is 2.77. The molecule has 1 aliphatic carbocycles. The van der Waals surface area contributed by atoms with Crippen LogP contribution in [0.3, 0.4) is 0 Å². The summed E-state index contributed by atoms with van der Waals surface area (Å²) in [6.45, 7) is 0. The Hall–Kier alpha value is -2.63. The van der Waals surface area contributed by atoms with Crippen LogP contribution in [-0.4, -0.2) is 25.4 Å². The zero-order chi connectivity index (χ0) is 14.4. The molecule has 2 N–H and O–H groups in total. The van der Waals surface area contributed by atoms with Crippen molar-refractivity contribution in [3.05, 3.63) is 30.9 Å². The highest BCUT2D eigenvalue weighted by Crippen LogP contribution is 2.30. The molecule has 0 spiro atoms. The van der Waals surface area contributed by atoms with E-state index in [1.165, 1.54) is 0 Å². The number of nitrogens with zero attached hydrogens (tertiary/aromatic N) is 3. The van der Waals surface area contributed by atoms with Gasteiger partial charge in [-0.05, 0) is 18.9 Å². The first kappa shape index (κ1) is 12.1. The van der Waals surface area contributed by atoms with E-state index in [2.05, 4.69) is 20.3 Å². The van der Waals surface area contributed by atoms with Gasteiger partial charge in [0.1, 0.15) is 11.5 Å². The number of rotatable bonds is 3. The van der Waals surface area contributed by atoms with E-state index in [0.29, 0.717) is 5.82 Å². The molecule has 0 aliphatic heterocycles. The number of anilines is 1. The molecule has 1 fully saturated rings. The molecule has 1 amide bonds. The van der Waals surface area contributed by atoms with Crippen molar-refractivity contribution in [3.63, 3.8) is 0 Å². The highest BCUT2D eigenvalue weighted by molar-refractivity contribution is 5.95. The number of pyridine rings is 1. The second-order valence-electron chi connectivity index (χ2n) is 5.53. The van der Waals surface area contributed by atoms with Crippen LogP contribution in [0.5, 0.6) is 0 Å². The van der Waals surface area contributed by atoms with Crippen LogP contribution >= 0.6 is 0 Å². The maximum atomic E-state index is 11.8. The van der Waals surface area contributed by atoms with Gasteiger partial charge in [0.05, 0.1) is 17.5 Å². The molecule has 3 aromatic heterocycles. The Morgan fingerprint density at radius 1 is 1.38 bits per heavy atom. The van der Waals surface area contributed by atoms with E-state index in [0.717, 1.165) is 35.1 Å². The lowest BCUT2D eigenvalue weighted by Crippen LogP contribution is -2.14. The number of carbonyl (C=O) groups excluding carboxylic acids is 1. The number of aromatic nitrogens is 4. The van der Waals surface area contributed by atoms with Crippen molar-refractivity contribution in [3.8, 4) is 11.4 Å². The van der Waals surface area contributed by atoms with Gasteiger partial charge >= 0.3 is 0 Å². The molecule has 0 radical (unpaired) electrons. The number of hydrogen-bond donors (Lipinski definition) is 2. The predicted octanol–water partition coefficient (Wildman–Crippen LogP) is 2.31. The molecule has 3 aromatic rings. The summed E-state index contributed by atoms with van der Waals surface area (Å²) < 4.78 is 1.90. The topological polar surface area (TPSA) is 75.6 Å². The number of hydrogen-bond acceptors (Lipinski definition) is 3. The van der Waals surface area contributed by atoms with Crippen LogP contribution in [0.15, 0.2) is 30.9 Å². The molecular formula is C15H15N5O. The van der Waals surface area contributed by atoms with Crippen LogP contribution in [0.4, 0.5) is 5.82 Å². The predicted molar refractivity (Wildman–Crippen MR) is 79.6 cm³/mol. The lowest BCUT2D eigenvalue weighted by molar-refractivity contribution is -0.117. The van der Waals surface area contributed by atoms with Crippen LogP contribution in [0, 0.1) is 5.92 Å². The maximum Gasteiger partial charge on any atom is 0.228 e. The summed E-state index contributed by atoms with van der Waals surface area (Å²) in [5, 5.41) is 3.86. The van der Waals surface area contributed by atoms with Gasteiger partial charge in [-0.25, -0.2) is 9.97 Å². The van der Waals surface area contributed by atoms with E-state index in [-0.39, 0.29) is 11.8 Å². The van der Waals surface area contributed by atoms with Gasteiger partial charge in [0.25, 0.3) is 0 Å². The first-order valence-corrected chi connectivity index (χ1v) is 6.97. The zero-order valence-corrected chi connectivity index (χ0v) is 11.6. The fourth-order valence-corrected chi connectivity index (χ4v) is 2.36. The van der Waals surface area contributed by atoms with Gasteiger partial charge < -0.3 is 14.9 Å². The van der Waals surface area contributed by atoms with E-state index in [4.69, 9.17) is 0 Å². The molecule has 6 nitrogen and oxygen atoms in total. The van der Waals surface area contributed by atoms with Gasteiger partial charge in [-0.2, -0.15) is 0 Å². The average Bonchev–Trinajstić information content (AvgIpc) is 3.10. The van der Waals surface area contributed by atoms with Crippen LogP contribution in [0.2, 0.25) is 0 Å². The minimum atomic E-state index is 0.0679. The zero-order valence-electron chi connectivity index (χ0n) is 11.6. The second-order valence-corrected chi connectivity index (χ2v) is 5.53. The van der Waals surface area contributed by atoms with Crippen LogP contribution in [0.1, 0.15) is 12.8 Å². The Kier molecular flexibility index (Phi) is 2.57. The van der Waals surface area contributed by atoms with Gasteiger partial charge in [0.2, 0.25) is 5.91 Å². The number of amides is 1. The molecule has 3 heterocycles.